The number of fused-ring (bicyclic) bond motifs is 2. The second kappa shape index (κ2) is 7.82. The second-order valence-corrected chi connectivity index (χ2v) is 8.69. The minimum absolute atomic E-state index is 0.117. The molecule has 1 amide bonds. The third-order valence-corrected chi connectivity index (χ3v) is 6.59. The maximum atomic E-state index is 13.0. The molecule has 1 aliphatic heterocycles. The quantitative estimate of drug-likeness (QED) is 0.643. The molecule has 0 spiro atoms. The van der Waals surface area contributed by atoms with Crippen LogP contribution < -0.4 is 0 Å². The van der Waals surface area contributed by atoms with E-state index in [9.17, 15) is 18.6 Å². The number of benzene rings is 2. The van der Waals surface area contributed by atoms with Gasteiger partial charge < -0.3 is 9.45 Å². The first-order valence-corrected chi connectivity index (χ1v) is 10.9. The van der Waals surface area contributed by atoms with E-state index in [-0.39, 0.29) is 56.4 Å². The molecular formula is C21H18ClNO5S. The van der Waals surface area contributed by atoms with Crippen LogP contribution in [0.1, 0.15) is 55.0 Å². The highest BCUT2D eigenvalue weighted by atomic mass is 35.5. The van der Waals surface area contributed by atoms with Crippen molar-refractivity contribution >= 4 is 40.2 Å². The zero-order chi connectivity index (χ0) is 20.7. The largest absolute Gasteiger partial charge is 0.339 e. The van der Waals surface area contributed by atoms with Crippen LogP contribution in [0, 0.1) is 5.92 Å². The van der Waals surface area contributed by atoms with Crippen molar-refractivity contribution in [1.29, 1.82) is 0 Å². The summed E-state index contributed by atoms with van der Waals surface area (Å²) in [5.41, 5.74) is 1.24. The third-order valence-electron chi connectivity index (χ3n) is 5.52. The Morgan fingerprint density at radius 2 is 1.79 bits per heavy atom. The van der Waals surface area contributed by atoms with Crippen molar-refractivity contribution in [3.8, 4) is 0 Å². The Bertz CT molecular complexity index is 1060. The number of nitrogens with zero attached hydrogens (tertiary/aromatic N) is 1. The SMILES string of the molecule is O=C1c2ccc(C(=O)N3CCC(CS(=O)O)CC3)cc2C(=O)c2c(Cl)cccc21. The molecule has 1 aliphatic carbocycles. The summed E-state index contributed by atoms with van der Waals surface area (Å²) in [4.78, 5) is 40.3. The van der Waals surface area contributed by atoms with Crippen molar-refractivity contribution in [1.82, 2.24) is 4.90 Å². The predicted molar refractivity (Wildman–Crippen MR) is 109 cm³/mol. The average molecular weight is 432 g/mol. The monoisotopic (exact) mass is 431 g/mol. The molecule has 2 aromatic rings. The standard InChI is InChI=1S/C21H18ClNO5S/c22-17-3-1-2-15-18(17)20(25)16-10-13(4-5-14(16)19(15)24)21(26)23-8-6-12(7-9-23)11-29(27)28/h1-5,10,12H,6-9,11H2,(H,27,28). The molecule has 6 nitrogen and oxygen atoms in total. The summed E-state index contributed by atoms with van der Waals surface area (Å²) in [6.45, 7) is 0.971. The van der Waals surface area contributed by atoms with Crippen molar-refractivity contribution in [2.75, 3.05) is 18.8 Å². The van der Waals surface area contributed by atoms with Crippen molar-refractivity contribution in [3.63, 3.8) is 0 Å². The number of likely N-dealkylation sites (tertiary alicyclic amines) is 1. The van der Waals surface area contributed by atoms with Crippen LogP contribution in [-0.4, -0.2) is 50.0 Å². The first-order chi connectivity index (χ1) is 13.9. The van der Waals surface area contributed by atoms with Gasteiger partial charge in [-0.1, -0.05) is 23.7 Å². The minimum Gasteiger partial charge on any atom is -0.339 e. The van der Waals surface area contributed by atoms with Crippen molar-refractivity contribution < 1.29 is 23.1 Å². The summed E-state index contributed by atoms with van der Waals surface area (Å²) in [5, 5.41) is 0.214. The molecule has 29 heavy (non-hydrogen) atoms. The van der Waals surface area contributed by atoms with E-state index in [2.05, 4.69) is 0 Å². The van der Waals surface area contributed by atoms with Gasteiger partial charge in [0.1, 0.15) is 0 Å². The molecule has 0 bridgehead atoms. The first kappa shape index (κ1) is 19.9. The van der Waals surface area contributed by atoms with Gasteiger partial charge in [0.2, 0.25) is 0 Å². The number of hydrogen-bond acceptors (Lipinski definition) is 4. The zero-order valence-electron chi connectivity index (χ0n) is 15.4. The number of carbonyl (C=O) groups excluding carboxylic acids is 3. The summed E-state index contributed by atoms with van der Waals surface area (Å²) < 4.78 is 20.0. The van der Waals surface area contributed by atoms with Crippen LogP contribution in [0.15, 0.2) is 36.4 Å². The number of carbonyl (C=O) groups is 3. The van der Waals surface area contributed by atoms with Gasteiger partial charge in [-0.3, -0.25) is 14.4 Å². The highest BCUT2D eigenvalue weighted by Crippen LogP contribution is 2.32. The number of ketones is 2. The maximum absolute atomic E-state index is 13.0. The Morgan fingerprint density at radius 3 is 2.48 bits per heavy atom. The molecule has 0 aromatic heterocycles. The van der Waals surface area contributed by atoms with E-state index in [4.69, 9.17) is 16.2 Å². The van der Waals surface area contributed by atoms with Crippen LogP contribution in [0.2, 0.25) is 5.02 Å². The first-order valence-electron chi connectivity index (χ1n) is 9.25. The molecule has 1 saturated heterocycles. The van der Waals surface area contributed by atoms with E-state index in [1.807, 2.05) is 0 Å². The van der Waals surface area contributed by atoms with Gasteiger partial charge in [0.05, 0.1) is 16.3 Å². The maximum Gasteiger partial charge on any atom is 0.253 e. The van der Waals surface area contributed by atoms with Gasteiger partial charge in [-0.25, -0.2) is 4.21 Å². The predicted octanol–water partition coefficient (Wildman–Crippen LogP) is 3.19. The molecule has 1 N–H and O–H groups in total. The van der Waals surface area contributed by atoms with Crippen molar-refractivity contribution in [2.45, 2.75) is 12.8 Å². The van der Waals surface area contributed by atoms with Gasteiger partial charge in [-0.15, -0.1) is 0 Å². The molecule has 2 aromatic carbocycles. The van der Waals surface area contributed by atoms with E-state index in [0.29, 0.717) is 31.5 Å². The third kappa shape index (κ3) is 3.66. The van der Waals surface area contributed by atoms with Gasteiger partial charge >= 0.3 is 0 Å². The summed E-state index contributed by atoms with van der Waals surface area (Å²) in [5.74, 6) is -0.529. The van der Waals surface area contributed by atoms with Crippen LogP contribution in [-0.2, 0) is 11.1 Å². The molecule has 1 fully saturated rings. The van der Waals surface area contributed by atoms with E-state index >= 15 is 0 Å². The smallest absolute Gasteiger partial charge is 0.253 e. The molecule has 4 rings (SSSR count). The molecular weight excluding hydrogens is 414 g/mol. The lowest BCUT2D eigenvalue weighted by Gasteiger charge is -2.31. The van der Waals surface area contributed by atoms with Gasteiger partial charge in [0.25, 0.3) is 5.91 Å². The molecule has 0 radical (unpaired) electrons. The summed E-state index contributed by atoms with van der Waals surface area (Å²) >= 11 is 4.32. The van der Waals surface area contributed by atoms with E-state index in [1.165, 1.54) is 12.1 Å². The Hall–Kier alpha value is -2.35. The van der Waals surface area contributed by atoms with Crippen molar-refractivity contribution in [2.24, 2.45) is 5.92 Å². The minimum atomic E-state index is -1.83. The molecule has 0 saturated carbocycles. The Kier molecular flexibility index (Phi) is 5.38. The number of hydrogen-bond donors (Lipinski definition) is 1. The number of amides is 1. The fourth-order valence-electron chi connectivity index (χ4n) is 3.97. The van der Waals surface area contributed by atoms with Gasteiger partial charge in [0, 0.05) is 35.3 Å². The van der Waals surface area contributed by atoms with Crippen LogP contribution in [0.4, 0.5) is 0 Å². The molecule has 1 heterocycles. The van der Waals surface area contributed by atoms with Gasteiger partial charge in [0.15, 0.2) is 22.6 Å². The Labute approximate surface area is 175 Å². The van der Waals surface area contributed by atoms with Crippen LogP contribution >= 0.6 is 11.6 Å². The summed E-state index contributed by atoms with van der Waals surface area (Å²) in [6, 6.07) is 9.33. The van der Waals surface area contributed by atoms with E-state index in [0.717, 1.165) is 0 Å². The Balaban J connectivity index is 1.59. The highest BCUT2D eigenvalue weighted by molar-refractivity contribution is 7.79. The zero-order valence-corrected chi connectivity index (χ0v) is 17.0. The number of piperidine rings is 1. The molecule has 2 aliphatic rings. The molecule has 1 atom stereocenters. The van der Waals surface area contributed by atoms with Crippen molar-refractivity contribution in [3.05, 3.63) is 69.2 Å². The normalized spacial score (nSPS) is 17.7. The lowest BCUT2D eigenvalue weighted by atomic mass is 9.83. The number of rotatable bonds is 3. The highest BCUT2D eigenvalue weighted by Gasteiger charge is 2.32. The lowest BCUT2D eigenvalue weighted by molar-refractivity contribution is 0.0698. The second-order valence-electron chi connectivity index (χ2n) is 7.30. The number of halogens is 1. The topological polar surface area (TPSA) is 91.8 Å². The van der Waals surface area contributed by atoms with E-state index < -0.39 is 11.1 Å². The molecule has 150 valence electrons. The summed E-state index contributed by atoms with van der Waals surface area (Å²) in [7, 11) is 0. The van der Waals surface area contributed by atoms with Gasteiger partial charge in [-0.2, -0.15) is 0 Å². The van der Waals surface area contributed by atoms with Crippen LogP contribution in [0.5, 0.6) is 0 Å². The molecule has 8 heteroatoms. The summed E-state index contributed by atoms with van der Waals surface area (Å²) in [6.07, 6.45) is 1.31. The molecule has 1 unspecified atom stereocenters. The lowest BCUT2D eigenvalue weighted by Crippen LogP contribution is -2.39. The van der Waals surface area contributed by atoms with Gasteiger partial charge in [-0.05, 0) is 43.0 Å². The van der Waals surface area contributed by atoms with Crippen LogP contribution in [0.25, 0.3) is 0 Å². The fraction of sp³-hybridized carbons (Fsp3) is 0.286. The van der Waals surface area contributed by atoms with E-state index in [1.54, 1.807) is 29.2 Å². The average Bonchev–Trinajstić information content (AvgIpc) is 2.71. The Morgan fingerprint density at radius 1 is 1.07 bits per heavy atom. The fourth-order valence-corrected chi connectivity index (χ4v) is 4.97. The van der Waals surface area contributed by atoms with Crippen LogP contribution in [0.3, 0.4) is 0 Å².